The Balaban J connectivity index is 1.67. The Morgan fingerprint density at radius 1 is 0.452 bits per heavy atom. The molecule has 0 saturated heterocycles. The highest BCUT2D eigenvalue weighted by Crippen LogP contribution is 2.51. The number of aryl methyl sites for hydroxylation is 2. The lowest BCUT2D eigenvalue weighted by atomic mass is 10.0. The molecule has 1 unspecified atom stereocenters. The lowest BCUT2D eigenvalue weighted by Gasteiger charge is -2.25. The predicted molar refractivity (Wildman–Crippen MR) is 184 cm³/mol. The van der Waals surface area contributed by atoms with Gasteiger partial charge in [-0.1, -0.05) is 152 Å². The van der Waals surface area contributed by atoms with E-state index in [9.17, 15) is 0 Å². The van der Waals surface area contributed by atoms with Crippen LogP contribution in [0.15, 0.2) is 78.9 Å². The van der Waals surface area contributed by atoms with E-state index in [4.69, 9.17) is 25.4 Å². The molecule has 230 valence electrons. The second kappa shape index (κ2) is 20.6. The summed E-state index contributed by atoms with van der Waals surface area (Å²) in [5, 5.41) is 0. The molecule has 0 bridgehead atoms. The summed E-state index contributed by atoms with van der Waals surface area (Å²) < 4.78 is 19.5. The van der Waals surface area contributed by atoms with Crippen LogP contribution in [0.4, 0.5) is 0 Å². The summed E-state index contributed by atoms with van der Waals surface area (Å²) >= 11 is 6.11. The van der Waals surface area contributed by atoms with E-state index in [2.05, 4.69) is 38.1 Å². The van der Waals surface area contributed by atoms with Gasteiger partial charge >= 0.3 is 6.72 Å². The van der Waals surface area contributed by atoms with E-state index < -0.39 is 6.72 Å². The first-order valence-electron chi connectivity index (χ1n) is 16.5. The molecule has 3 rings (SSSR count). The molecule has 0 heterocycles. The first kappa shape index (κ1) is 34.2. The van der Waals surface area contributed by atoms with Crippen molar-refractivity contribution in [2.75, 3.05) is 0 Å². The SMILES string of the molecule is CCCCCCCCCCc1ccccc1OP(=S)(Oc1ccccc1)Oc1ccccc1CCCCCCCCC. The van der Waals surface area contributed by atoms with Crippen LogP contribution >= 0.6 is 6.72 Å². The second-order valence-electron chi connectivity index (χ2n) is 11.3. The smallest absolute Gasteiger partial charge is 0.407 e. The zero-order valence-corrected chi connectivity index (χ0v) is 27.8. The van der Waals surface area contributed by atoms with Crippen LogP contribution in [0.2, 0.25) is 0 Å². The molecular formula is C37H53O3PS. The molecule has 0 saturated carbocycles. The fraction of sp³-hybridized carbons (Fsp3) is 0.514. The Bertz CT molecular complexity index is 1170. The molecule has 0 fully saturated rings. The summed E-state index contributed by atoms with van der Waals surface area (Å²) in [5.74, 6) is 2.19. The largest absolute Gasteiger partial charge is 0.490 e. The van der Waals surface area contributed by atoms with Gasteiger partial charge in [-0.15, -0.1) is 0 Å². The van der Waals surface area contributed by atoms with Gasteiger partial charge in [0.15, 0.2) is 0 Å². The summed E-state index contributed by atoms with van der Waals surface area (Å²) in [4.78, 5) is 0. The van der Waals surface area contributed by atoms with Gasteiger partial charge in [-0.25, -0.2) is 0 Å². The highest BCUT2D eigenvalue weighted by atomic mass is 32.5. The van der Waals surface area contributed by atoms with Crippen molar-refractivity contribution in [3.63, 3.8) is 0 Å². The van der Waals surface area contributed by atoms with E-state index in [1.165, 1.54) is 83.5 Å². The van der Waals surface area contributed by atoms with Crippen LogP contribution < -0.4 is 13.6 Å². The molecule has 3 nitrogen and oxygen atoms in total. The molecule has 3 aromatic rings. The van der Waals surface area contributed by atoms with E-state index in [0.717, 1.165) is 48.3 Å². The van der Waals surface area contributed by atoms with Gasteiger partial charge in [0, 0.05) is 11.8 Å². The van der Waals surface area contributed by atoms with Gasteiger partial charge in [0.1, 0.15) is 17.2 Å². The van der Waals surface area contributed by atoms with Crippen LogP contribution in [0.5, 0.6) is 17.2 Å². The van der Waals surface area contributed by atoms with Crippen LogP contribution in [0.1, 0.15) is 121 Å². The van der Waals surface area contributed by atoms with Crippen molar-refractivity contribution in [1.29, 1.82) is 0 Å². The van der Waals surface area contributed by atoms with E-state index in [1.807, 2.05) is 54.6 Å². The summed E-state index contributed by atoms with van der Waals surface area (Å²) in [7, 11) is 0. The lowest BCUT2D eigenvalue weighted by Crippen LogP contribution is -2.09. The fourth-order valence-electron chi connectivity index (χ4n) is 5.23. The highest BCUT2D eigenvalue weighted by molar-refractivity contribution is 8.08. The molecule has 0 radical (unpaired) electrons. The third-order valence-electron chi connectivity index (χ3n) is 7.68. The molecule has 0 N–H and O–H groups in total. The maximum atomic E-state index is 6.58. The van der Waals surface area contributed by atoms with Crippen molar-refractivity contribution in [1.82, 2.24) is 0 Å². The highest BCUT2D eigenvalue weighted by Gasteiger charge is 2.28. The summed E-state index contributed by atoms with van der Waals surface area (Å²) in [6, 6.07) is 26.1. The van der Waals surface area contributed by atoms with Crippen LogP contribution in [-0.4, -0.2) is 0 Å². The Morgan fingerprint density at radius 3 is 1.29 bits per heavy atom. The first-order chi connectivity index (χ1) is 20.6. The van der Waals surface area contributed by atoms with Gasteiger partial charge < -0.3 is 13.6 Å². The molecule has 1 atom stereocenters. The zero-order valence-electron chi connectivity index (χ0n) is 26.1. The zero-order chi connectivity index (χ0) is 29.7. The van der Waals surface area contributed by atoms with Gasteiger partial charge in [0.2, 0.25) is 0 Å². The van der Waals surface area contributed by atoms with Crippen LogP contribution in [0.3, 0.4) is 0 Å². The Labute approximate surface area is 261 Å². The molecule has 3 aromatic carbocycles. The minimum absolute atomic E-state index is 0.658. The average molecular weight is 609 g/mol. The molecule has 0 aliphatic rings. The topological polar surface area (TPSA) is 27.7 Å². The van der Waals surface area contributed by atoms with Crippen molar-refractivity contribution in [2.24, 2.45) is 0 Å². The quantitative estimate of drug-likeness (QED) is 0.0790. The van der Waals surface area contributed by atoms with Crippen molar-refractivity contribution < 1.29 is 13.6 Å². The van der Waals surface area contributed by atoms with E-state index in [1.54, 1.807) is 0 Å². The Kier molecular flexibility index (Phi) is 16.8. The average Bonchev–Trinajstić information content (AvgIpc) is 3.00. The molecule has 0 aliphatic heterocycles. The number of unbranched alkanes of at least 4 members (excludes halogenated alkanes) is 13. The molecule has 0 aromatic heterocycles. The van der Waals surface area contributed by atoms with E-state index >= 15 is 0 Å². The maximum absolute atomic E-state index is 6.58. The molecule has 0 spiro atoms. The normalized spacial score (nSPS) is 12.5. The van der Waals surface area contributed by atoms with E-state index in [-0.39, 0.29) is 0 Å². The van der Waals surface area contributed by atoms with Crippen molar-refractivity contribution in [3.05, 3.63) is 90.0 Å². The molecule has 0 aliphatic carbocycles. The van der Waals surface area contributed by atoms with Crippen LogP contribution in [0.25, 0.3) is 0 Å². The van der Waals surface area contributed by atoms with E-state index in [0.29, 0.717) is 5.75 Å². The molecule has 0 amide bonds. The van der Waals surface area contributed by atoms with Gasteiger partial charge in [-0.3, -0.25) is 0 Å². The molecule has 42 heavy (non-hydrogen) atoms. The van der Waals surface area contributed by atoms with Crippen LogP contribution in [-0.2, 0) is 24.6 Å². The van der Waals surface area contributed by atoms with Crippen molar-refractivity contribution in [3.8, 4) is 17.2 Å². The first-order valence-corrected chi connectivity index (χ1v) is 19.1. The monoisotopic (exact) mass is 608 g/mol. The molecular weight excluding hydrogens is 555 g/mol. The summed E-state index contributed by atoms with van der Waals surface area (Å²) in [6.07, 6.45) is 21.2. The third kappa shape index (κ3) is 13.3. The second-order valence-corrected chi connectivity index (χ2v) is 14.1. The lowest BCUT2D eigenvalue weighted by molar-refractivity contribution is 0.380. The van der Waals surface area contributed by atoms with Crippen molar-refractivity contribution >= 4 is 18.5 Å². The minimum atomic E-state index is -3.22. The standard InChI is InChI=1S/C37H53O3PS/c1-3-5-7-9-11-13-15-18-26-34-28-22-24-32-37(34)40-41(42,38-35-29-19-16-20-30-35)39-36-31-23-21-27-33(36)25-17-14-12-10-8-6-4-2/h16,19-24,27-32H,3-15,17-18,25-26H2,1-2H3. The Morgan fingerprint density at radius 2 is 0.833 bits per heavy atom. The number of hydrogen-bond acceptors (Lipinski definition) is 4. The predicted octanol–water partition coefficient (Wildman–Crippen LogP) is 12.4. The van der Waals surface area contributed by atoms with Gasteiger partial charge in [-0.05, 0) is 61.1 Å². The van der Waals surface area contributed by atoms with Gasteiger partial charge in [0.05, 0.1) is 0 Å². The maximum Gasteiger partial charge on any atom is 0.490 e. The summed E-state index contributed by atoms with van der Waals surface area (Å²) in [6.45, 7) is 1.31. The van der Waals surface area contributed by atoms with Crippen LogP contribution in [0, 0.1) is 0 Å². The fourth-order valence-corrected chi connectivity index (χ4v) is 7.30. The number of para-hydroxylation sites is 3. The van der Waals surface area contributed by atoms with Crippen molar-refractivity contribution in [2.45, 2.75) is 123 Å². The molecule has 5 heteroatoms. The van der Waals surface area contributed by atoms with Gasteiger partial charge in [-0.2, -0.15) is 0 Å². The number of benzene rings is 3. The minimum Gasteiger partial charge on any atom is -0.407 e. The summed E-state index contributed by atoms with van der Waals surface area (Å²) in [5.41, 5.74) is 2.32. The van der Waals surface area contributed by atoms with Gasteiger partial charge in [0.25, 0.3) is 0 Å². The number of rotatable bonds is 23. The third-order valence-corrected chi connectivity index (χ3v) is 9.62. The number of hydrogen-bond donors (Lipinski definition) is 0. The Hall–Kier alpha value is -2.29.